The fourth-order valence-corrected chi connectivity index (χ4v) is 1.31. The Balaban J connectivity index is 2.69. The minimum Gasteiger partial charge on any atom is -0.460 e. The average Bonchev–Trinajstić information content (AvgIpc) is 2.19. The van der Waals surface area contributed by atoms with Gasteiger partial charge in [0.2, 0.25) is 0 Å². The zero-order valence-electron chi connectivity index (χ0n) is 7.77. The maximum atomic E-state index is 10.2. The molecule has 0 spiro atoms. The van der Waals surface area contributed by atoms with Gasteiger partial charge in [0.1, 0.15) is 6.10 Å². The molecule has 0 aliphatic carbocycles. The Morgan fingerprint density at radius 1 is 1.38 bits per heavy atom. The summed E-state index contributed by atoms with van der Waals surface area (Å²) < 4.78 is 4.99. The summed E-state index contributed by atoms with van der Waals surface area (Å²) in [4.78, 5) is 10.2. The lowest BCUT2D eigenvalue weighted by Gasteiger charge is -2.13. The van der Waals surface area contributed by atoms with Crippen LogP contribution in [0.15, 0.2) is 30.3 Å². The zero-order chi connectivity index (χ0) is 9.52. The van der Waals surface area contributed by atoms with Crippen LogP contribution in [0.3, 0.4) is 0 Å². The summed E-state index contributed by atoms with van der Waals surface area (Å²) in [5.41, 5.74) is 1.07. The lowest BCUT2D eigenvalue weighted by molar-refractivity contribution is -0.134. The predicted octanol–water partition coefficient (Wildman–Crippen LogP) is 2.70. The van der Waals surface area contributed by atoms with Crippen molar-refractivity contribution in [3.05, 3.63) is 35.9 Å². The molecule has 2 nitrogen and oxygen atoms in total. The van der Waals surface area contributed by atoms with Gasteiger partial charge in [0.25, 0.3) is 6.47 Å². The minimum atomic E-state index is -0.0799. The second-order valence-electron chi connectivity index (χ2n) is 2.92. The summed E-state index contributed by atoms with van der Waals surface area (Å²) in [7, 11) is 0. The Labute approximate surface area is 78.5 Å². The second-order valence-corrected chi connectivity index (χ2v) is 2.92. The van der Waals surface area contributed by atoms with Crippen molar-refractivity contribution >= 4 is 6.47 Å². The summed E-state index contributed by atoms with van der Waals surface area (Å²) in [5, 5.41) is 0. The van der Waals surface area contributed by atoms with Crippen molar-refractivity contribution in [3.8, 4) is 0 Å². The number of hydrogen-bond acceptors (Lipinski definition) is 2. The van der Waals surface area contributed by atoms with Crippen molar-refractivity contribution in [1.82, 2.24) is 0 Å². The summed E-state index contributed by atoms with van der Waals surface area (Å²) in [6.07, 6.45) is 1.81. The van der Waals surface area contributed by atoms with E-state index < -0.39 is 0 Å². The zero-order valence-corrected chi connectivity index (χ0v) is 7.77. The quantitative estimate of drug-likeness (QED) is 0.648. The Hall–Kier alpha value is -1.31. The molecule has 1 aromatic carbocycles. The van der Waals surface area contributed by atoms with Crippen molar-refractivity contribution in [3.63, 3.8) is 0 Å². The van der Waals surface area contributed by atoms with Crippen LogP contribution in [0, 0.1) is 0 Å². The monoisotopic (exact) mass is 178 g/mol. The summed E-state index contributed by atoms with van der Waals surface area (Å²) in [5.74, 6) is 0. The molecule has 13 heavy (non-hydrogen) atoms. The van der Waals surface area contributed by atoms with E-state index in [-0.39, 0.29) is 6.10 Å². The van der Waals surface area contributed by atoms with Crippen molar-refractivity contribution in [2.75, 3.05) is 0 Å². The van der Waals surface area contributed by atoms with Crippen LogP contribution in [0.25, 0.3) is 0 Å². The van der Waals surface area contributed by atoms with Crippen molar-refractivity contribution < 1.29 is 9.53 Å². The molecule has 0 aliphatic rings. The minimum absolute atomic E-state index is 0.0799. The van der Waals surface area contributed by atoms with Crippen LogP contribution in [-0.2, 0) is 9.53 Å². The van der Waals surface area contributed by atoms with Gasteiger partial charge in [-0.05, 0) is 12.0 Å². The van der Waals surface area contributed by atoms with Gasteiger partial charge in [-0.25, -0.2) is 0 Å². The van der Waals surface area contributed by atoms with Crippen LogP contribution in [-0.4, -0.2) is 6.47 Å². The fraction of sp³-hybridized carbons (Fsp3) is 0.364. The molecule has 1 atom stereocenters. The number of carbonyl (C=O) groups excluding carboxylic acids is 1. The highest BCUT2D eigenvalue weighted by Crippen LogP contribution is 2.21. The Morgan fingerprint density at radius 2 is 2.08 bits per heavy atom. The molecule has 0 bridgehead atoms. The molecular formula is C11H14O2. The van der Waals surface area contributed by atoms with Crippen LogP contribution in [0.5, 0.6) is 0 Å². The van der Waals surface area contributed by atoms with E-state index in [2.05, 4.69) is 6.92 Å². The molecule has 1 rings (SSSR count). The molecule has 0 saturated heterocycles. The Bertz CT molecular complexity index is 244. The van der Waals surface area contributed by atoms with E-state index in [1.807, 2.05) is 30.3 Å². The summed E-state index contributed by atoms with van der Waals surface area (Å²) in [6, 6.07) is 9.80. The van der Waals surface area contributed by atoms with Gasteiger partial charge in [-0.1, -0.05) is 43.7 Å². The van der Waals surface area contributed by atoms with Gasteiger partial charge in [-0.2, -0.15) is 0 Å². The summed E-state index contributed by atoms with van der Waals surface area (Å²) in [6.45, 7) is 2.59. The van der Waals surface area contributed by atoms with Gasteiger partial charge >= 0.3 is 0 Å². The number of ether oxygens (including phenoxy) is 1. The van der Waals surface area contributed by atoms with Gasteiger partial charge in [0, 0.05) is 0 Å². The molecule has 70 valence electrons. The Morgan fingerprint density at radius 3 is 2.62 bits per heavy atom. The first-order chi connectivity index (χ1) is 6.38. The van der Waals surface area contributed by atoms with Gasteiger partial charge in [-0.15, -0.1) is 0 Å². The van der Waals surface area contributed by atoms with Crippen LogP contribution in [0.4, 0.5) is 0 Å². The van der Waals surface area contributed by atoms with Crippen molar-refractivity contribution in [1.29, 1.82) is 0 Å². The highest BCUT2D eigenvalue weighted by atomic mass is 16.5. The standard InChI is InChI=1S/C11H14O2/c1-2-6-11(13-9-12)10-7-4-3-5-8-10/h3-5,7-9,11H,2,6H2,1H3. The predicted molar refractivity (Wildman–Crippen MR) is 51.2 cm³/mol. The first-order valence-electron chi connectivity index (χ1n) is 4.52. The molecule has 0 heterocycles. The van der Waals surface area contributed by atoms with Gasteiger partial charge in [-0.3, -0.25) is 4.79 Å². The van der Waals surface area contributed by atoms with E-state index in [0.29, 0.717) is 6.47 Å². The molecule has 0 N–H and O–H groups in total. The number of hydrogen-bond donors (Lipinski definition) is 0. The van der Waals surface area contributed by atoms with Crippen LogP contribution in [0.1, 0.15) is 31.4 Å². The lowest BCUT2D eigenvalue weighted by Crippen LogP contribution is -2.02. The third-order valence-corrected chi connectivity index (χ3v) is 1.94. The molecule has 0 fully saturated rings. The highest BCUT2D eigenvalue weighted by Gasteiger charge is 2.09. The Kier molecular flexibility index (Phi) is 4.03. The van der Waals surface area contributed by atoms with Gasteiger partial charge in [0.15, 0.2) is 0 Å². The van der Waals surface area contributed by atoms with E-state index >= 15 is 0 Å². The fourth-order valence-electron chi connectivity index (χ4n) is 1.31. The normalized spacial score (nSPS) is 12.1. The SMILES string of the molecule is CCCC(OC=O)c1ccccc1. The van der Waals surface area contributed by atoms with E-state index in [0.717, 1.165) is 18.4 Å². The molecule has 0 amide bonds. The molecule has 0 radical (unpaired) electrons. The molecule has 0 aliphatic heterocycles. The largest absolute Gasteiger partial charge is 0.460 e. The van der Waals surface area contributed by atoms with Crippen molar-refractivity contribution in [2.24, 2.45) is 0 Å². The van der Waals surface area contributed by atoms with Crippen LogP contribution in [0.2, 0.25) is 0 Å². The first kappa shape index (κ1) is 9.78. The third-order valence-electron chi connectivity index (χ3n) is 1.94. The molecule has 1 aromatic rings. The molecule has 0 saturated carbocycles. The smallest absolute Gasteiger partial charge is 0.293 e. The van der Waals surface area contributed by atoms with Gasteiger partial charge < -0.3 is 4.74 Å². The van der Waals surface area contributed by atoms with E-state index in [9.17, 15) is 4.79 Å². The number of carbonyl (C=O) groups is 1. The van der Waals surface area contributed by atoms with E-state index in [1.165, 1.54) is 0 Å². The summed E-state index contributed by atoms with van der Waals surface area (Å²) >= 11 is 0. The third kappa shape index (κ3) is 2.90. The van der Waals surface area contributed by atoms with E-state index in [4.69, 9.17) is 4.74 Å². The van der Waals surface area contributed by atoms with Gasteiger partial charge in [0.05, 0.1) is 0 Å². The average molecular weight is 178 g/mol. The molecule has 1 unspecified atom stereocenters. The number of benzene rings is 1. The lowest BCUT2D eigenvalue weighted by atomic mass is 10.1. The van der Waals surface area contributed by atoms with Crippen LogP contribution < -0.4 is 0 Å². The molecule has 2 heteroatoms. The van der Waals surface area contributed by atoms with E-state index in [1.54, 1.807) is 0 Å². The molecular weight excluding hydrogens is 164 g/mol. The highest BCUT2D eigenvalue weighted by molar-refractivity contribution is 5.38. The molecule has 0 aromatic heterocycles. The topological polar surface area (TPSA) is 26.3 Å². The maximum Gasteiger partial charge on any atom is 0.293 e. The first-order valence-corrected chi connectivity index (χ1v) is 4.52. The number of rotatable bonds is 5. The van der Waals surface area contributed by atoms with Crippen molar-refractivity contribution in [2.45, 2.75) is 25.9 Å². The van der Waals surface area contributed by atoms with Crippen LogP contribution >= 0.6 is 0 Å². The maximum absolute atomic E-state index is 10.2. The second kappa shape index (κ2) is 5.36.